The van der Waals surface area contributed by atoms with Crippen molar-refractivity contribution in [2.45, 2.75) is 63.0 Å². The third-order valence-electron chi connectivity index (χ3n) is 4.58. The Balaban J connectivity index is 1.76. The van der Waals surface area contributed by atoms with Crippen LogP contribution in [0, 0.1) is 6.92 Å². The van der Waals surface area contributed by atoms with Crippen LogP contribution >= 0.6 is 11.8 Å². The molecule has 0 spiro atoms. The molecule has 5 nitrogen and oxygen atoms in total. The van der Waals surface area contributed by atoms with Crippen LogP contribution in [-0.2, 0) is 11.3 Å². The number of benzene rings is 2. The summed E-state index contributed by atoms with van der Waals surface area (Å²) in [4.78, 5) is 24.6. The Labute approximate surface area is 189 Å². The second-order valence-electron chi connectivity index (χ2n) is 8.54. The first-order valence-corrected chi connectivity index (χ1v) is 11.4. The smallest absolute Gasteiger partial charge is 0.410 e. The number of aromatic amines is 1. The van der Waals surface area contributed by atoms with Crippen LogP contribution in [-0.4, -0.2) is 33.1 Å². The molecule has 0 aliphatic carbocycles. The summed E-state index contributed by atoms with van der Waals surface area (Å²) in [6.45, 7) is 10.8. The van der Waals surface area contributed by atoms with Crippen LogP contribution in [0.2, 0.25) is 0 Å². The lowest BCUT2D eigenvalue weighted by molar-refractivity contribution is 0.0229. The molecule has 3 aromatic rings. The number of imidazole rings is 1. The van der Waals surface area contributed by atoms with Gasteiger partial charge in [-0.2, -0.15) is 0 Å². The number of amides is 1. The van der Waals surface area contributed by atoms with E-state index in [2.05, 4.69) is 59.4 Å². The molecule has 164 valence electrons. The number of carbonyl (C=O) groups is 1. The van der Waals surface area contributed by atoms with Gasteiger partial charge in [0.15, 0.2) is 0 Å². The number of aromatic nitrogens is 2. The van der Waals surface area contributed by atoms with Crippen molar-refractivity contribution >= 4 is 17.9 Å². The highest BCUT2D eigenvalue weighted by Gasteiger charge is 2.22. The summed E-state index contributed by atoms with van der Waals surface area (Å²) in [5, 5.41) is 0. The Morgan fingerprint density at radius 1 is 1.16 bits per heavy atom. The van der Waals surface area contributed by atoms with Gasteiger partial charge < -0.3 is 14.6 Å². The fourth-order valence-corrected chi connectivity index (χ4v) is 4.06. The highest BCUT2D eigenvalue weighted by Crippen LogP contribution is 2.33. The molecule has 1 amide bonds. The number of hydrogen-bond donors (Lipinski definition) is 1. The molecule has 0 saturated carbocycles. The number of aryl methyl sites for hydroxylation is 1. The van der Waals surface area contributed by atoms with Crippen LogP contribution in [0.4, 0.5) is 4.79 Å². The van der Waals surface area contributed by atoms with E-state index in [0.717, 1.165) is 23.5 Å². The molecule has 0 fully saturated rings. The molecule has 0 aliphatic heterocycles. The Morgan fingerprint density at radius 3 is 2.58 bits per heavy atom. The van der Waals surface area contributed by atoms with E-state index in [1.807, 2.05) is 40.0 Å². The molecule has 1 N–H and O–H groups in total. The standard InChI is InChI=1S/C25H31N3O2S/c1-6-14-28(24(29)30-25(3,4)5)17-23-26-16-21(27-23)19-13-12-18(2)22(15-19)31-20-10-8-7-9-11-20/h7-13,15-16H,6,14,17H2,1-5H3,(H,26,27). The maximum Gasteiger partial charge on any atom is 0.410 e. The average Bonchev–Trinajstić information content (AvgIpc) is 3.17. The highest BCUT2D eigenvalue weighted by atomic mass is 32.2. The summed E-state index contributed by atoms with van der Waals surface area (Å²) in [6.07, 6.45) is 2.37. The van der Waals surface area contributed by atoms with Crippen molar-refractivity contribution < 1.29 is 9.53 Å². The first-order chi connectivity index (χ1) is 14.7. The summed E-state index contributed by atoms with van der Waals surface area (Å²) >= 11 is 1.75. The SMILES string of the molecule is CCCN(Cc1ncc(-c2ccc(C)c(Sc3ccccc3)c2)[nH]1)C(=O)OC(C)(C)C. The third kappa shape index (κ3) is 6.62. The van der Waals surface area contributed by atoms with Crippen molar-refractivity contribution in [1.29, 1.82) is 0 Å². The second-order valence-corrected chi connectivity index (χ2v) is 9.66. The minimum absolute atomic E-state index is 0.316. The number of nitrogens with one attached hydrogen (secondary N) is 1. The lowest BCUT2D eigenvalue weighted by Gasteiger charge is -2.26. The van der Waals surface area contributed by atoms with Gasteiger partial charge in [0.25, 0.3) is 0 Å². The summed E-state index contributed by atoms with van der Waals surface area (Å²) in [7, 11) is 0. The minimum Gasteiger partial charge on any atom is -0.444 e. The van der Waals surface area contributed by atoms with Gasteiger partial charge >= 0.3 is 6.09 Å². The summed E-state index contributed by atoms with van der Waals surface area (Å²) in [5.74, 6) is 0.743. The van der Waals surface area contributed by atoms with Crippen LogP contribution in [0.1, 0.15) is 45.5 Å². The molecule has 2 aromatic carbocycles. The van der Waals surface area contributed by atoms with Crippen molar-refractivity contribution in [2.24, 2.45) is 0 Å². The summed E-state index contributed by atoms with van der Waals surface area (Å²) in [5.41, 5.74) is 2.72. The quantitative estimate of drug-likeness (QED) is 0.448. The molecule has 1 aromatic heterocycles. The van der Waals surface area contributed by atoms with E-state index in [0.29, 0.717) is 13.1 Å². The Hall–Kier alpha value is -2.73. The largest absolute Gasteiger partial charge is 0.444 e. The van der Waals surface area contributed by atoms with Gasteiger partial charge in [-0.15, -0.1) is 0 Å². The fourth-order valence-electron chi connectivity index (χ4n) is 3.09. The number of nitrogens with zero attached hydrogens (tertiary/aromatic N) is 2. The van der Waals surface area contributed by atoms with Gasteiger partial charge in [-0.05, 0) is 57.9 Å². The third-order valence-corrected chi connectivity index (χ3v) is 5.75. The van der Waals surface area contributed by atoms with Crippen molar-refractivity contribution in [3.63, 3.8) is 0 Å². The minimum atomic E-state index is -0.522. The predicted molar refractivity (Wildman–Crippen MR) is 126 cm³/mol. The van der Waals surface area contributed by atoms with Gasteiger partial charge in [-0.3, -0.25) is 0 Å². The topological polar surface area (TPSA) is 58.2 Å². The first-order valence-electron chi connectivity index (χ1n) is 10.6. The zero-order valence-electron chi connectivity index (χ0n) is 18.9. The number of rotatable bonds is 7. The molecule has 0 saturated heterocycles. The molecule has 0 atom stereocenters. The molecular weight excluding hydrogens is 406 g/mol. The van der Waals surface area contributed by atoms with Gasteiger partial charge in [0.05, 0.1) is 18.4 Å². The fraction of sp³-hybridized carbons (Fsp3) is 0.360. The number of ether oxygens (including phenoxy) is 1. The lowest BCUT2D eigenvalue weighted by atomic mass is 10.1. The van der Waals surface area contributed by atoms with E-state index in [4.69, 9.17) is 4.74 Å². The van der Waals surface area contributed by atoms with Crippen molar-refractivity contribution in [1.82, 2.24) is 14.9 Å². The normalized spacial score (nSPS) is 11.4. The lowest BCUT2D eigenvalue weighted by Crippen LogP contribution is -2.37. The van der Waals surface area contributed by atoms with Crippen LogP contribution < -0.4 is 0 Å². The molecule has 0 bridgehead atoms. The Kier molecular flexibility index (Phi) is 7.44. The van der Waals surface area contributed by atoms with Crippen LogP contribution in [0.25, 0.3) is 11.3 Å². The molecule has 3 rings (SSSR count). The summed E-state index contributed by atoms with van der Waals surface area (Å²) in [6, 6.07) is 16.8. The summed E-state index contributed by atoms with van der Waals surface area (Å²) < 4.78 is 5.54. The Morgan fingerprint density at radius 2 is 1.90 bits per heavy atom. The van der Waals surface area contributed by atoms with E-state index < -0.39 is 5.60 Å². The number of carbonyl (C=O) groups excluding carboxylic acids is 1. The maximum absolute atomic E-state index is 12.5. The van der Waals surface area contributed by atoms with E-state index in [1.54, 1.807) is 16.7 Å². The zero-order chi connectivity index (χ0) is 22.4. The van der Waals surface area contributed by atoms with Gasteiger partial charge in [-0.25, -0.2) is 9.78 Å². The molecule has 0 aliphatic rings. The van der Waals surface area contributed by atoms with Crippen molar-refractivity contribution in [3.05, 3.63) is 66.1 Å². The van der Waals surface area contributed by atoms with E-state index in [9.17, 15) is 4.79 Å². The van der Waals surface area contributed by atoms with E-state index in [-0.39, 0.29) is 6.09 Å². The highest BCUT2D eigenvalue weighted by molar-refractivity contribution is 7.99. The Bertz CT molecular complexity index is 1010. The van der Waals surface area contributed by atoms with Gasteiger partial charge in [-0.1, -0.05) is 49.0 Å². The first kappa shape index (κ1) is 22.9. The number of H-pyrrole nitrogens is 1. The van der Waals surface area contributed by atoms with E-state index in [1.165, 1.54) is 15.4 Å². The molecule has 1 heterocycles. The van der Waals surface area contributed by atoms with Crippen LogP contribution in [0.5, 0.6) is 0 Å². The zero-order valence-corrected chi connectivity index (χ0v) is 19.8. The second kappa shape index (κ2) is 10.1. The van der Waals surface area contributed by atoms with Gasteiger partial charge in [0.2, 0.25) is 0 Å². The van der Waals surface area contributed by atoms with Crippen molar-refractivity contribution in [3.8, 4) is 11.3 Å². The predicted octanol–water partition coefficient (Wildman–Crippen LogP) is 6.68. The average molecular weight is 438 g/mol. The molecule has 0 unspecified atom stereocenters. The number of hydrogen-bond acceptors (Lipinski definition) is 4. The van der Waals surface area contributed by atoms with Gasteiger partial charge in [0, 0.05) is 21.9 Å². The molecular formula is C25H31N3O2S. The molecule has 31 heavy (non-hydrogen) atoms. The monoisotopic (exact) mass is 437 g/mol. The van der Waals surface area contributed by atoms with Crippen LogP contribution in [0.3, 0.4) is 0 Å². The molecule has 6 heteroatoms. The van der Waals surface area contributed by atoms with Crippen LogP contribution in [0.15, 0.2) is 64.5 Å². The van der Waals surface area contributed by atoms with Crippen molar-refractivity contribution in [2.75, 3.05) is 6.54 Å². The van der Waals surface area contributed by atoms with E-state index >= 15 is 0 Å². The maximum atomic E-state index is 12.5. The molecule has 0 radical (unpaired) electrons. The van der Waals surface area contributed by atoms with Gasteiger partial charge in [0.1, 0.15) is 11.4 Å².